The lowest BCUT2D eigenvalue weighted by Crippen LogP contribution is -2.49. The predicted molar refractivity (Wildman–Crippen MR) is 128 cm³/mol. The van der Waals surface area contributed by atoms with Crippen molar-refractivity contribution in [1.29, 1.82) is 0 Å². The van der Waals surface area contributed by atoms with Crippen LogP contribution < -0.4 is 5.32 Å². The Labute approximate surface area is 201 Å². The normalized spacial score (nSPS) is 13.0. The van der Waals surface area contributed by atoms with E-state index < -0.39 is 30.4 Å². The fraction of sp³-hybridized carbons (Fsp3) is 0.280. The van der Waals surface area contributed by atoms with Crippen LogP contribution in [0.2, 0.25) is 0 Å². The standard InChI is InChI=1S/C25H25N3O5S/c1-28(12-10-22-26-11-13-34-22)24(31)21(14-23(29)30)27-25(32)33-15-20-18-8-4-2-6-16(18)17-7-3-5-9-19(17)20/h2-9,11,13,20-21H,10,12,14-15H2,1H3,(H,27,32)(H,29,30). The van der Waals surface area contributed by atoms with E-state index in [1.54, 1.807) is 13.2 Å². The number of carbonyl (C=O) groups excluding carboxylic acids is 2. The summed E-state index contributed by atoms with van der Waals surface area (Å²) in [6.45, 7) is 0.433. The average molecular weight is 480 g/mol. The molecule has 1 unspecified atom stereocenters. The number of carbonyl (C=O) groups is 3. The molecule has 3 aromatic rings. The quantitative estimate of drug-likeness (QED) is 0.486. The number of likely N-dealkylation sites (N-methyl/N-ethyl adjacent to an activating group) is 1. The van der Waals surface area contributed by atoms with E-state index in [0.29, 0.717) is 13.0 Å². The minimum atomic E-state index is -1.23. The summed E-state index contributed by atoms with van der Waals surface area (Å²) in [5, 5.41) is 14.4. The van der Waals surface area contributed by atoms with E-state index in [0.717, 1.165) is 27.3 Å². The molecule has 2 amide bonds. The highest BCUT2D eigenvalue weighted by molar-refractivity contribution is 7.09. The molecule has 0 spiro atoms. The fourth-order valence-electron chi connectivity index (χ4n) is 4.17. The van der Waals surface area contributed by atoms with Crippen LogP contribution in [0.25, 0.3) is 11.1 Å². The first kappa shape index (κ1) is 23.4. The Morgan fingerprint density at radius 1 is 1.12 bits per heavy atom. The summed E-state index contributed by atoms with van der Waals surface area (Å²) in [6.07, 6.45) is 0.873. The lowest BCUT2D eigenvalue weighted by molar-refractivity contribution is -0.142. The molecule has 2 N–H and O–H groups in total. The first-order valence-corrected chi connectivity index (χ1v) is 11.8. The Hall–Kier alpha value is -3.72. The first-order chi connectivity index (χ1) is 16.4. The van der Waals surface area contributed by atoms with Crippen LogP contribution in [-0.2, 0) is 20.7 Å². The van der Waals surface area contributed by atoms with E-state index >= 15 is 0 Å². The van der Waals surface area contributed by atoms with Crippen molar-refractivity contribution >= 4 is 29.3 Å². The SMILES string of the molecule is CN(CCc1nccs1)C(=O)C(CC(=O)O)NC(=O)OCC1c2ccccc2-c2ccccc21. The van der Waals surface area contributed by atoms with Crippen LogP contribution in [0.15, 0.2) is 60.1 Å². The Kier molecular flexibility index (Phi) is 7.22. The zero-order chi connectivity index (χ0) is 24.1. The second-order valence-electron chi connectivity index (χ2n) is 8.06. The van der Waals surface area contributed by atoms with Crippen LogP contribution in [0, 0.1) is 0 Å². The number of aromatic nitrogens is 1. The highest BCUT2D eigenvalue weighted by Crippen LogP contribution is 2.44. The Morgan fingerprint density at radius 3 is 2.35 bits per heavy atom. The smallest absolute Gasteiger partial charge is 0.407 e. The van der Waals surface area contributed by atoms with Crippen molar-refractivity contribution in [1.82, 2.24) is 15.2 Å². The summed E-state index contributed by atoms with van der Waals surface area (Å²) in [5.74, 6) is -1.81. The Morgan fingerprint density at radius 2 is 1.76 bits per heavy atom. The van der Waals surface area contributed by atoms with Gasteiger partial charge in [0.25, 0.3) is 0 Å². The van der Waals surface area contributed by atoms with E-state index in [2.05, 4.69) is 10.3 Å². The van der Waals surface area contributed by atoms with Crippen molar-refractivity contribution in [3.8, 4) is 11.1 Å². The molecule has 176 valence electrons. The molecule has 1 aliphatic rings. The van der Waals surface area contributed by atoms with Gasteiger partial charge in [-0.1, -0.05) is 48.5 Å². The third-order valence-corrected chi connectivity index (χ3v) is 6.67. The van der Waals surface area contributed by atoms with Gasteiger partial charge < -0.3 is 20.1 Å². The number of alkyl carbamates (subject to hydrolysis) is 1. The van der Waals surface area contributed by atoms with Gasteiger partial charge in [-0.25, -0.2) is 9.78 Å². The molecule has 0 radical (unpaired) electrons. The van der Waals surface area contributed by atoms with Crippen LogP contribution in [0.5, 0.6) is 0 Å². The number of fused-ring (bicyclic) bond motifs is 3. The van der Waals surface area contributed by atoms with E-state index in [1.165, 1.54) is 16.2 Å². The molecule has 9 heteroatoms. The third kappa shape index (κ3) is 5.26. The van der Waals surface area contributed by atoms with Crippen LogP contribution in [0.1, 0.15) is 28.5 Å². The summed E-state index contributed by atoms with van der Waals surface area (Å²) < 4.78 is 5.48. The van der Waals surface area contributed by atoms with Gasteiger partial charge in [0.2, 0.25) is 5.91 Å². The number of nitrogens with zero attached hydrogens (tertiary/aromatic N) is 2. The number of nitrogens with one attached hydrogen (secondary N) is 1. The molecule has 8 nitrogen and oxygen atoms in total. The van der Waals surface area contributed by atoms with Gasteiger partial charge >= 0.3 is 12.1 Å². The van der Waals surface area contributed by atoms with E-state index in [1.807, 2.05) is 53.9 Å². The highest BCUT2D eigenvalue weighted by Gasteiger charge is 2.31. The molecule has 0 saturated carbocycles. The lowest BCUT2D eigenvalue weighted by Gasteiger charge is -2.23. The van der Waals surface area contributed by atoms with Gasteiger partial charge in [-0.05, 0) is 22.3 Å². The van der Waals surface area contributed by atoms with Crippen molar-refractivity contribution in [2.24, 2.45) is 0 Å². The second kappa shape index (κ2) is 10.5. The van der Waals surface area contributed by atoms with Gasteiger partial charge in [0.15, 0.2) is 0 Å². The maximum Gasteiger partial charge on any atom is 0.407 e. The maximum atomic E-state index is 12.8. The molecule has 4 rings (SSSR count). The van der Waals surface area contributed by atoms with E-state index in [4.69, 9.17) is 4.74 Å². The monoisotopic (exact) mass is 479 g/mol. The molecule has 1 atom stereocenters. The van der Waals surface area contributed by atoms with Crippen molar-refractivity contribution in [3.63, 3.8) is 0 Å². The summed E-state index contributed by atoms with van der Waals surface area (Å²) in [7, 11) is 1.57. The summed E-state index contributed by atoms with van der Waals surface area (Å²) in [6, 6.07) is 14.7. The molecular weight excluding hydrogens is 454 g/mol. The summed E-state index contributed by atoms with van der Waals surface area (Å²) in [4.78, 5) is 42.3. The molecular formula is C25H25N3O5S. The fourth-order valence-corrected chi connectivity index (χ4v) is 4.78. The number of rotatable bonds is 9. The van der Waals surface area contributed by atoms with Crippen molar-refractivity contribution in [2.75, 3.05) is 20.2 Å². The van der Waals surface area contributed by atoms with Gasteiger partial charge in [-0.3, -0.25) is 9.59 Å². The number of hydrogen-bond acceptors (Lipinski definition) is 6. The lowest BCUT2D eigenvalue weighted by atomic mass is 9.98. The van der Waals surface area contributed by atoms with Crippen molar-refractivity contribution in [3.05, 3.63) is 76.2 Å². The zero-order valence-electron chi connectivity index (χ0n) is 18.6. The minimum Gasteiger partial charge on any atom is -0.481 e. The Balaban J connectivity index is 1.38. The van der Waals surface area contributed by atoms with Crippen LogP contribution in [0.4, 0.5) is 4.79 Å². The topological polar surface area (TPSA) is 109 Å². The van der Waals surface area contributed by atoms with Gasteiger partial charge in [0, 0.05) is 37.5 Å². The van der Waals surface area contributed by atoms with Gasteiger partial charge in [-0.15, -0.1) is 11.3 Å². The number of amides is 2. The number of ether oxygens (including phenoxy) is 1. The average Bonchev–Trinajstić information content (AvgIpc) is 3.46. The van der Waals surface area contributed by atoms with Gasteiger partial charge in [0.1, 0.15) is 12.6 Å². The molecule has 0 aliphatic heterocycles. The summed E-state index contributed by atoms with van der Waals surface area (Å²) in [5.41, 5.74) is 4.34. The number of thiazole rings is 1. The van der Waals surface area contributed by atoms with Crippen LogP contribution in [0.3, 0.4) is 0 Å². The van der Waals surface area contributed by atoms with Gasteiger partial charge in [-0.2, -0.15) is 0 Å². The maximum absolute atomic E-state index is 12.8. The highest BCUT2D eigenvalue weighted by atomic mass is 32.1. The first-order valence-electron chi connectivity index (χ1n) is 10.9. The minimum absolute atomic E-state index is 0.0771. The molecule has 0 saturated heterocycles. The molecule has 0 fully saturated rings. The molecule has 0 bridgehead atoms. The van der Waals surface area contributed by atoms with Gasteiger partial charge in [0.05, 0.1) is 11.4 Å². The molecule has 1 aliphatic carbocycles. The van der Waals surface area contributed by atoms with Crippen LogP contribution in [-0.4, -0.2) is 59.2 Å². The predicted octanol–water partition coefficient (Wildman–Crippen LogP) is 3.53. The number of aliphatic carboxylic acids is 1. The number of hydrogen-bond donors (Lipinski definition) is 2. The van der Waals surface area contributed by atoms with Crippen LogP contribution >= 0.6 is 11.3 Å². The van der Waals surface area contributed by atoms with E-state index in [9.17, 15) is 19.5 Å². The molecule has 2 aromatic carbocycles. The van der Waals surface area contributed by atoms with Crippen molar-refractivity contribution in [2.45, 2.75) is 24.8 Å². The molecule has 1 heterocycles. The number of carboxylic acids is 1. The number of carboxylic acid groups (broad SMARTS) is 1. The second-order valence-corrected chi connectivity index (χ2v) is 9.04. The molecule has 34 heavy (non-hydrogen) atoms. The third-order valence-electron chi connectivity index (χ3n) is 5.83. The molecule has 1 aromatic heterocycles. The van der Waals surface area contributed by atoms with Crippen molar-refractivity contribution < 1.29 is 24.2 Å². The zero-order valence-corrected chi connectivity index (χ0v) is 19.5. The summed E-state index contributed by atoms with van der Waals surface area (Å²) >= 11 is 1.48. The van der Waals surface area contributed by atoms with E-state index in [-0.39, 0.29) is 12.5 Å². The Bertz CT molecular complexity index is 1140. The largest absolute Gasteiger partial charge is 0.481 e. The number of benzene rings is 2.